The zero-order valence-corrected chi connectivity index (χ0v) is 15.0. The highest BCUT2D eigenvalue weighted by atomic mass is 32.2. The number of nitrogens with two attached hydrogens (primary N) is 1. The fourth-order valence-electron chi connectivity index (χ4n) is 3.41. The molecule has 1 aromatic carbocycles. The molecule has 0 spiro atoms. The van der Waals surface area contributed by atoms with Crippen LogP contribution in [0.5, 0.6) is 0 Å². The molecule has 3 rings (SSSR count). The van der Waals surface area contributed by atoms with Crippen LogP contribution in [0.2, 0.25) is 0 Å². The number of carbonyl (C=O) groups is 1. The number of nitrogens with one attached hydrogen (secondary N) is 1. The highest BCUT2D eigenvalue weighted by Gasteiger charge is 2.39. The molecule has 8 heteroatoms. The van der Waals surface area contributed by atoms with Gasteiger partial charge in [0.15, 0.2) is 0 Å². The maximum atomic E-state index is 12.7. The molecule has 2 aliphatic heterocycles. The van der Waals surface area contributed by atoms with E-state index in [0.717, 1.165) is 50.4 Å². The lowest BCUT2D eigenvalue weighted by Gasteiger charge is -2.28. The first kappa shape index (κ1) is 18.5. The van der Waals surface area contributed by atoms with Crippen molar-refractivity contribution in [1.82, 2.24) is 4.90 Å². The predicted molar refractivity (Wildman–Crippen MR) is 90.2 cm³/mol. The summed E-state index contributed by atoms with van der Waals surface area (Å²) in [4.78, 5) is 15.8. The minimum atomic E-state index is -4.33. The van der Waals surface area contributed by atoms with E-state index < -0.39 is 11.7 Å². The zero-order chi connectivity index (χ0) is 18.0. The summed E-state index contributed by atoms with van der Waals surface area (Å²) in [6.45, 7) is 7.81. The van der Waals surface area contributed by atoms with Crippen molar-refractivity contribution in [2.75, 3.05) is 39.3 Å². The molecule has 138 valence electrons. The van der Waals surface area contributed by atoms with Crippen molar-refractivity contribution in [3.8, 4) is 0 Å². The Hall–Kier alpha value is -1.25. The molecule has 0 radical (unpaired) electrons. The van der Waals surface area contributed by atoms with Crippen LogP contribution >= 0.6 is 11.8 Å². The van der Waals surface area contributed by atoms with Gasteiger partial charge in [-0.3, -0.25) is 4.79 Å². The Morgan fingerprint density at radius 3 is 2.48 bits per heavy atom. The van der Waals surface area contributed by atoms with Gasteiger partial charge in [-0.05, 0) is 24.6 Å². The molecule has 2 heterocycles. The minimum Gasteiger partial charge on any atom is -0.337 e. The van der Waals surface area contributed by atoms with E-state index in [1.165, 1.54) is 28.8 Å². The van der Waals surface area contributed by atoms with E-state index in [2.05, 4.69) is 5.32 Å². The maximum Gasteiger partial charge on any atom is 0.416 e. The Labute approximate surface area is 149 Å². The van der Waals surface area contributed by atoms with Gasteiger partial charge in [0.1, 0.15) is 31.6 Å². The molecule has 0 aromatic heterocycles. The van der Waals surface area contributed by atoms with Gasteiger partial charge in [0.2, 0.25) is 5.91 Å². The quantitative estimate of drug-likeness (QED) is 0.786. The lowest BCUT2D eigenvalue weighted by molar-refractivity contribution is -0.946. The molecule has 0 bridgehead atoms. The van der Waals surface area contributed by atoms with Gasteiger partial charge in [-0.2, -0.15) is 13.2 Å². The average molecular weight is 375 g/mol. The Bertz CT molecular complexity index is 602. The molecule has 2 atom stereocenters. The Morgan fingerprint density at radius 1 is 1.24 bits per heavy atom. The van der Waals surface area contributed by atoms with Crippen LogP contribution in [0.1, 0.15) is 23.4 Å². The van der Waals surface area contributed by atoms with E-state index in [4.69, 9.17) is 0 Å². The third-order valence-corrected chi connectivity index (χ3v) is 6.27. The normalized spacial score (nSPS) is 25.6. The van der Waals surface area contributed by atoms with Crippen molar-refractivity contribution in [1.29, 1.82) is 0 Å². The van der Waals surface area contributed by atoms with E-state index in [9.17, 15) is 18.0 Å². The molecule has 2 saturated heterocycles. The van der Waals surface area contributed by atoms with Gasteiger partial charge in [0.05, 0.1) is 23.9 Å². The van der Waals surface area contributed by atoms with Crippen molar-refractivity contribution >= 4 is 17.7 Å². The topological polar surface area (TPSA) is 41.4 Å². The van der Waals surface area contributed by atoms with Gasteiger partial charge in [-0.15, -0.1) is 11.8 Å². The van der Waals surface area contributed by atoms with Crippen molar-refractivity contribution in [2.45, 2.75) is 23.7 Å². The van der Waals surface area contributed by atoms with Crippen LogP contribution in [-0.4, -0.2) is 55.3 Å². The molecule has 3 N–H and O–H groups in total. The largest absolute Gasteiger partial charge is 0.416 e. The van der Waals surface area contributed by atoms with Crippen molar-refractivity contribution < 1.29 is 28.2 Å². The van der Waals surface area contributed by atoms with Gasteiger partial charge in [0, 0.05) is 0 Å². The summed E-state index contributed by atoms with van der Waals surface area (Å²) < 4.78 is 38.2. The van der Waals surface area contributed by atoms with Crippen LogP contribution in [0.25, 0.3) is 0 Å². The number of carbonyl (C=O) groups excluding carboxylic acids is 1. The van der Waals surface area contributed by atoms with Crippen molar-refractivity contribution in [2.24, 2.45) is 0 Å². The second-order valence-electron chi connectivity index (χ2n) is 6.65. The zero-order valence-electron chi connectivity index (χ0n) is 14.2. The predicted octanol–water partition coefficient (Wildman–Crippen LogP) is 0.130. The number of alkyl halides is 3. The summed E-state index contributed by atoms with van der Waals surface area (Å²) >= 11 is 1.51. The summed E-state index contributed by atoms with van der Waals surface area (Å²) in [5.41, 5.74) is 0.108. The second kappa shape index (κ2) is 7.55. The molecular formula is C17H24F3N3OS+2. The SMILES string of the molecule is C[C@H]1S[C@@H](c2ccc(C(F)(F)F)cc2)N(CC[NH+]2CC[NH2+]CC2)C1=O. The Kier molecular flexibility index (Phi) is 5.60. The maximum absolute atomic E-state index is 12.7. The number of quaternary nitrogens is 2. The van der Waals surface area contributed by atoms with Crippen LogP contribution < -0.4 is 10.2 Å². The summed E-state index contributed by atoms with van der Waals surface area (Å²) in [6.07, 6.45) is -4.33. The number of hydrogen-bond acceptors (Lipinski definition) is 2. The van der Waals surface area contributed by atoms with Crippen LogP contribution in [0.4, 0.5) is 13.2 Å². The van der Waals surface area contributed by atoms with Gasteiger partial charge in [0.25, 0.3) is 0 Å². The van der Waals surface area contributed by atoms with E-state index in [0.29, 0.717) is 6.54 Å². The smallest absolute Gasteiger partial charge is 0.337 e. The number of rotatable bonds is 4. The number of thioether (sulfide) groups is 1. The van der Waals surface area contributed by atoms with Crippen molar-refractivity contribution in [3.63, 3.8) is 0 Å². The molecule has 0 aliphatic carbocycles. The first-order chi connectivity index (χ1) is 11.9. The molecule has 1 amide bonds. The second-order valence-corrected chi connectivity index (χ2v) is 8.07. The number of hydrogen-bond donors (Lipinski definition) is 2. The van der Waals surface area contributed by atoms with E-state index in [1.807, 2.05) is 11.8 Å². The first-order valence-electron chi connectivity index (χ1n) is 8.64. The molecule has 0 saturated carbocycles. The summed E-state index contributed by atoms with van der Waals surface area (Å²) in [5.74, 6) is 0.0814. The summed E-state index contributed by atoms with van der Waals surface area (Å²) in [6, 6.07) is 5.21. The fraction of sp³-hybridized carbons (Fsp3) is 0.588. The van der Waals surface area contributed by atoms with Gasteiger partial charge in [-0.1, -0.05) is 12.1 Å². The highest BCUT2D eigenvalue weighted by Crippen LogP contribution is 2.43. The average Bonchev–Trinajstić information content (AvgIpc) is 2.88. The van der Waals surface area contributed by atoms with Crippen LogP contribution in [0, 0.1) is 0 Å². The highest BCUT2D eigenvalue weighted by molar-refractivity contribution is 8.01. The third kappa shape index (κ3) is 4.30. The minimum absolute atomic E-state index is 0.0814. The standard InChI is InChI=1S/C17H22F3N3OS/c1-12-15(24)23(11-10-22-8-6-21-7-9-22)16(25-12)13-2-4-14(5-3-13)17(18,19)20/h2-5,12,16,21H,6-11H2,1H3/p+2/t12-,16+/m1/s1. The number of benzene rings is 1. The number of piperazine rings is 1. The molecule has 2 aliphatic rings. The van der Waals surface area contributed by atoms with E-state index >= 15 is 0 Å². The molecule has 25 heavy (non-hydrogen) atoms. The number of halogens is 3. The number of nitrogens with zero attached hydrogens (tertiary/aromatic N) is 1. The lowest BCUT2D eigenvalue weighted by Crippen LogP contribution is -3.20. The Morgan fingerprint density at radius 2 is 1.88 bits per heavy atom. The van der Waals surface area contributed by atoms with E-state index in [-0.39, 0.29) is 16.5 Å². The third-order valence-electron chi connectivity index (χ3n) is 4.88. The van der Waals surface area contributed by atoms with Crippen LogP contribution in [0.15, 0.2) is 24.3 Å². The molecule has 4 nitrogen and oxygen atoms in total. The van der Waals surface area contributed by atoms with Crippen molar-refractivity contribution in [3.05, 3.63) is 35.4 Å². The lowest BCUT2D eigenvalue weighted by atomic mass is 10.1. The van der Waals surface area contributed by atoms with Crippen LogP contribution in [-0.2, 0) is 11.0 Å². The van der Waals surface area contributed by atoms with Crippen LogP contribution in [0.3, 0.4) is 0 Å². The first-order valence-corrected chi connectivity index (χ1v) is 9.59. The fourth-order valence-corrected chi connectivity index (χ4v) is 4.72. The molecule has 2 fully saturated rings. The molecule has 1 aromatic rings. The summed E-state index contributed by atoms with van der Waals surface area (Å²) in [5, 5.41) is 1.95. The van der Waals surface area contributed by atoms with Gasteiger partial charge in [-0.25, -0.2) is 0 Å². The molecular weight excluding hydrogens is 351 g/mol. The summed E-state index contributed by atoms with van der Waals surface area (Å²) in [7, 11) is 0. The number of amides is 1. The molecule has 0 unspecified atom stereocenters. The monoisotopic (exact) mass is 375 g/mol. The van der Waals surface area contributed by atoms with Gasteiger partial charge >= 0.3 is 6.18 Å². The Balaban J connectivity index is 1.70. The van der Waals surface area contributed by atoms with E-state index in [1.54, 1.807) is 0 Å². The van der Waals surface area contributed by atoms with Gasteiger partial charge < -0.3 is 15.1 Å².